The first kappa shape index (κ1) is 15.8. The van der Waals surface area contributed by atoms with Gasteiger partial charge in [-0.25, -0.2) is 9.97 Å². The molecule has 0 radical (unpaired) electrons. The van der Waals surface area contributed by atoms with Crippen molar-refractivity contribution in [1.82, 2.24) is 19.7 Å². The normalized spacial score (nSPS) is 14.9. The Balaban J connectivity index is 1.48. The second kappa shape index (κ2) is 6.68. The van der Waals surface area contributed by atoms with E-state index in [0.717, 1.165) is 49.0 Å². The van der Waals surface area contributed by atoms with Gasteiger partial charge in [0.15, 0.2) is 5.65 Å². The van der Waals surface area contributed by atoms with Crippen molar-refractivity contribution in [2.45, 2.75) is 13.5 Å². The Morgan fingerprint density at radius 3 is 2.64 bits per heavy atom. The maximum atomic E-state index is 5.41. The number of aromatic nitrogens is 4. The molecule has 0 aliphatic carbocycles. The van der Waals surface area contributed by atoms with Gasteiger partial charge in [0.25, 0.3) is 0 Å². The molecule has 130 valence electrons. The van der Waals surface area contributed by atoms with Crippen LogP contribution in [0.2, 0.25) is 0 Å². The van der Waals surface area contributed by atoms with Crippen LogP contribution in [0.4, 0.5) is 11.5 Å². The van der Waals surface area contributed by atoms with Crippen molar-refractivity contribution in [2.24, 2.45) is 7.05 Å². The molecule has 25 heavy (non-hydrogen) atoms. The first-order chi connectivity index (χ1) is 12.2. The van der Waals surface area contributed by atoms with Gasteiger partial charge in [-0.15, -0.1) is 0 Å². The number of nitrogens with zero attached hydrogens (tertiary/aromatic N) is 5. The van der Waals surface area contributed by atoms with Crippen LogP contribution in [0, 0.1) is 6.92 Å². The van der Waals surface area contributed by atoms with Gasteiger partial charge in [-0.3, -0.25) is 4.68 Å². The molecule has 3 aromatic rings. The number of hydrogen-bond donors (Lipinski definition) is 1. The summed E-state index contributed by atoms with van der Waals surface area (Å²) in [6, 6.07) is 8.67. The molecule has 4 rings (SSSR count). The van der Waals surface area contributed by atoms with Crippen molar-refractivity contribution in [1.29, 1.82) is 0 Å². The van der Waals surface area contributed by atoms with Crippen molar-refractivity contribution >= 4 is 22.5 Å². The fraction of sp³-hybridized carbons (Fsp3) is 0.389. The third-order valence-electron chi connectivity index (χ3n) is 4.48. The Kier molecular flexibility index (Phi) is 4.23. The van der Waals surface area contributed by atoms with Crippen LogP contribution in [0.3, 0.4) is 0 Å². The predicted molar refractivity (Wildman–Crippen MR) is 97.8 cm³/mol. The van der Waals surface area contributed by atoms with Gasteiger partial charge in [0.2, 0.25) is 0 Å². The maximum absolute atomic E-state index is 5.41. The minimum absolute atomic E-state index is 0.712. The molecule has 3 heterocycles. The molecule has 1 aromatic carbocycles. The summed E-state index contributed by atoms with van der Waals surface area (Å²) in [6.07, 6.45) is 1.80. The van der Waals surface area contributed by atoms with E-state index >= 15 is 0 Å². The monoisotopic (exact) mass is 338 g/mol. The summed E-state index contributed by atoms with van der Waals surface area (Å²) in [5.41, 5.74) is 3.31. The maximum Gasteiger partial charge on any atom is 0.163 e. The number of morpholine rings is 1. The summed E-state index contributed by atoms with van der Waals surface area (Å²) < 4.78 is 7.18. The van der Waals surface area contributed by atoms with Crippen LogP contribution in [-0.4, -0.2) is 46.1 Å². The third kappa shape index (κ3) is 3.28. The Hall–Kier alpha value is -2.67. The zero-order chi connectivity index (χ0) is 17.2. The van der Waals surface area contributed by atoms with E-state index in [0.29, 0.717) is 6.54 Å². The van der Waals surface area contributed by atoms with Crippen molar-refractivity contribution < 1.29 is 4.74 Å². The third-order valence-corrected chi connectivity index (χ3v) is 4.48. The summed E-state index contributed by atoms with van der Waals surface area (Å²) in [5, 5.41) is 8.64. The molecule has 0 amide bonds. The summed E-state index contributed by atoms with van der Waals surface area (Å²) in [5.74, 6) is 1.56. The highest BCUT2D eigenvalue weighted by Crippen LogP contribution is 2.21. The molecular weight excluding hydrogens is 316 g/mol. The molecule has 1 saturated heterocycles. The van der Waals surface area contributed by atoms with Gasteiger partial charge >= 0.3 is 0 Å². The van der Waals surface area contributed by atoms with Gasteiger partial charge < -0.3 is 15.0 Å². The minimum Gasteiger partial charge on any atom is -0.378 e. The number of ether oxygens (including phenoxy) is 1. The van der Waals surface area contributed by atoms with Crippen LogP contribution >= 0.6 is 0 Å². The highest BCUT2D eigenvalue weighted by Gasteiger charge is 2.12. The zero-order valence-electron chi connectivity index (χ0n) is 14.6. The number of nitrogens with one attached hydrogen (secondary N) is 1. The topological polar surface area (TPSA) is 68.1 Å². The van der Waals surface area contributed by atoms with Crippen LogP contribution in [-0.2, 0) is 18.3 Å². The first-order valence-electron chi connectivity index (χ1n) is 8.52. The van der Waals surface area contributed by atoms with Crippen molar-refractivity contribution in [3.8, 4) is 0 Å². The molecule has 0 spiro atoms. The van der Waals surface area contributed by atoms with Gasteiger partial charge in [0.05, 0.1) is 24.8 Å². The number of hydrogen-bond acceptors (Lipinski definition) is 6. The zero-order valence-corrected chi connectivity index (χ0v) is 14.6. The number of rotatable bonds is 4. The molecule has 0 bridgehead atoms. The van der Waals surface area contributed by atoms with Crippen LogP contribution in [0.5, 0.6) is 0 Å². The second-order valence-corrected chi connectivity index (χ2v) is 6.24. The van der Waals surface area contributed by atoms with E-state index in [1.807, 2.05) is 14.0 Å². The Labute approximate surface area is 146 Å². The standard InChI is InChI=1S/C18H22N6O/c1-13-21-17(16-12-20-23(2)18(16)22-13)19-11-14-3-5-15(6-4-14)24-7-9-25-10-8-24/h3-6,12H,7-11H2,1-2H3,(H,19,21,22). The largest absolute Gasteiger partial charge is 0.378 e. The Morgan fingerprint density at radius 2 is 1.88 bits per heavy atom. The van der Waals surface area contributed by atoms with E-state index < -0.39 is 0 Å². The summed E-state index contributed by atoms with van der Waals surface area (Å²) in [6.45, 7) is 6.13. The average molecular weight is 338 g/mol. The Bertz CT molecular complexity index is 867. The van der Waals surface area contributed by atoms with Crippen molar-refractivity contribution in [2.75, 3.05) is 36.5 Å². The van der Waals surface area contributed by atoms with Crippen LogP contribution in [0.25, 0.3) is 11.0 Å². The second-order valence-electron chi connectivity index (χ2n) is 6.24. The fourth-order valence-corrected chi connectivity index (χ4v) is 3.10. The minimum atomic E-state index is 0.712. The van der Waals surface area contributed by atoms with E-state index in [9.17, 15) is 0 Å². The molecule has 1 aliphatic heterocycles. The van der Waals surface area contributed by atoms with Crippen molar-refractivity contribution in [3.05, 3.63) is 41.9 Å². The van der Waals surface area contributed by atoms with E-state index in [1.54, 1.807) is 10.9 Å². The molecule has 7 heteroatoms. The van der Waals surface area contributed by atoms with Gasteiger partial charge in [-0.05, 0) is 24.6 Å². The van der Waals surface area contributed by atoms with Gasteiger partial charge in [-0.1, -0.05) is 12.1 Å². The lowest BCUT2D eigenvalue weighted by Gasteiger charge is -2.28. The average Bonchev–Trinajstić information content (AvgIpc) is 3.02. The number of anilines is 2. The molecule has 1 aliphatic rings. The van der Waals surface area contributed by atoms with E-state index in [-0.39, 0.29) is 0 Å². The quantitative estimate of drug-likeness (QED) is 0.786. The summed E-state index contributed by atoms with van der Waals surface area (Å²) in [7, 11) is 1.89. The molecule has 0 atom stereocenters. The van der Waals surface area contributed by atoms with E-state index in [1.165, 1.54) is 11.3 Å². The smallest absolute Gasteiger partial charge is 0.163 e. The van der Waals surface area contributed by atoms with E-state index in [2.05, 4.69) is 49.5 Å². The number of aryl methyl sites for hydroxylation is 2. The summed E-state index contributed by atoms with van der Waals surface area (Å²) >= 11 is 0. The lowest BCUT2D eigenvalue weighted by molar-refractivity contribution is 0.122. The highest BCUT2D eigenvalue weighted by atomic mass is 16.5. The molecule has 0 unspecified atom stereocenters. The van der Waals surface area contributed by atoms with Gasteiger partial charge in [0.1, 0.15) is 11.6 Å². The molecule has 2 aromatic heterocycles. The fourth-order valence-electron chi connectivity index (χ4n) is 3.10. The van der Waals surface area contributed by atoms with Crippen molar-refractivity contribution in [3.63, 3.8) is 0 Å². The molecule has 0 saturated carbocycles. The number of benzene rings is 1. The lowest BCUT2D eigenvalue weighted by Crippen LogP contribution is -2.36. The van der Waals surface area contributed by atoms with Gasteiger partial charge in [0, 0.05) is 32.4 Å². The highest BCUT2D eigenvalue weighted by molar-refractivity contribution is 5.86. The predicted octanol–water partition coefficient (Wildman–Crippen LogP) is 2.12. The van der Waals surface area contributed by atoms with Gasteiger partial charge in [-0.2, -0.15) is 5.10 Å². The lowest BCUT2D eigenvalue weighted by atomic mass is 10.2. The molecule has 1 fully saturated rings. The summed E-state index contributed by atoms with van der Waals surface area (Å²) in [4.78, 5) is 11.3. The van der Waals surface area contributed by atoms with Crippen LogP contribution in [0.1, 0.15) is 11.4 Å². The molecule has 1 N–H and O–H groups in total. The Morgan fingerprint density at radius 1 is 1.12 bits per heavy atom. The first-order valence-corrected chi connectivity index (χ1v) is 8.52. The molecule has 7 nitrogen and oxygen atoms in total. The SMILES string of the molecule is Cc1nc(NCc2ccc(N3CCOCC3)cc2)c2cnn(C)c2n1. The van der Waals surface area contributed by atoms with E-state index in [4.69, 9.17) is 4.74 Å². The molecular formula is C18H22N6O. The van der Waals surface area contributed by atoms with Crippen LogP contribution < -0.4 is 10.2 Å². The number of fused-ring (bicyclic) bond motifs is 1. The van der Waals surface area contributed by atoms with Crippen LogP contribution in [0.15, 0.2) is 30.5 Å².